The Bertz CT molecular complexity index is 2270. The zero-order chi connectivity index (χ0) is 33.0. The van der Waals surface area contributed by atoms with Gasteiger partial charge in [0.1, 0.15) is 11.2 Å². The van der Waals surface area contributed by atoms with Crippen molar-refractivity contribution in [1.29, 1.82) is 0 Å². The van der Waals surface area contributed by atoms with Crippen LogP contribution in [0.4, 0.5) is 0 Å². The predicted molar refractivity (Wildman–Crippen MR) is 176 cm³/mol. The van der Waals surface area contributed by atoms with E-state index in [0.29, 0.717) is 60.8 Å². The second kappa shape index (κ2) is 12.0. The Hall–Kier alpha value is -5.01. The van der Waals surface area contributed by atoms with Gasteiger partial charge in [0, 0.05) is 48.6 Å². The minimum absolute atomic E-state index is 0.0157. The van der Waals surface area contributed by atoms with Gasteiger partial charge < -0.3 is 19.1 Å². The Balaban J connectivity index is 1.30. The molecule has 2 amide bonds. The molecule has 0 saturated heterocycles. The number of hydrogen-bond donors (Lipinski definition) is 1. The molecule has 0 bridgehead atoms. The maximum Gasteiger partial charge on any atom is 0.333 e. The first-order chi connectivity index (χ1) is 22.6. The number of aromatic nitrogens is 5. The molecule has 0 fully saturated rings. The van der Waals surface area contributed by atoms with E-state index in [9.17, 15) is 14.4 Å². The Morgan fingerprint density at radius 1 is 1.04 bits per heavy atom. The molecular formula is C33H27BrClN7O5. The minimum atomic E-state index is -0.502. The maximum atomic E-state index is 14.2. The topological polar surface area (TPSA) is 141 Å². The fraction of sp³-hybridized carbons (Fsp3) is 0.212. The number of amides is 2. The summed E-state index contributed by atoms with van der Waals surface area (Å²) in [6.45, 7) is 5.61. The van der Waals surface area contributed by atoms with E-state index in [1.165, 1.54) is 4.57 Å². The lowest BCUT2D eigenvalue weighted by Gasteiger charge is -2.34. The zero-order valence-corrected chi connectivity index (χ0v) is 27.8. The summed E-state index contributed by atoms with van der Waals surface area (Å²) in [4.78, 5) is 48.2. The predicted octanol–water partition coefficient (Wildman–Crippen LogP) is 5.84. The SMILES string of the molecule is Cc1nnc(-c2ccccc2CNC(=O)c2c3n(c(=O)n2-c2ccc4oc(C)nc4c2)C[C@H](C)N(C(=O)c2ccc(Br)c(Cl)c2)C3)o1. The second-order valence-electron chi connectivity index (χ2n) is 11.3. The van der Waals surface area contributed by atoms with E-state index in [4.69, 9.17) is 20.4 Å². The van der Waals surface area contributed by atoms with Crippen molar-refractivity contribution < 1.29 is 18.4 Å². The standard InChI is InChI=1S/C33H27BrClN7O5/c1-17-15-41-27(16-40(17)32(44)20-8-10-24(34)25(35)12-20)29(42(33(41)45)22-9-11-28-26(13-22)37-18(2)46-28)30(43)36-14-21-6-4-5-7-23(21)31-39-38-19(3)47-31/h4-13,17H,14-16H2,1-3H3,(H,36,43)/t17-/m0/s1. The van der Waals surface area contributed by atoms with Crippen LogP contribution in [-0.4, -0.2) is 47.1 Å². The highest BCUT2D eigenvalue weighted by molar-refractivity contribution is 9.10. The molecule has 0 radical (unpaired) electrons. The van der Waals surface area contributed by atoms with E-state index in [0.717, 1.165) is 5.56 Å². The summed E-state index contributed by atoms with van der Waals surface area (Å²) in [5, 5.41) is 11.4. The Morgan fingerprint density at radius 2 is 1.85 bits per heavy atom. The van der Waals surface area contributed by atoms with Crippen molar-refractivity contribution in [3.05, 3.63) is 115 Å². The smallest absolute Gasteiger partial charge is 0.333 e. The van der Waals surface area contributed by atoms with E-state index in [2.05, 4.69) is 36.4 Å². The van der Waals surface area contributed by atoms with Crippen LogP contribution in [0.25, 0.3) is 28.2 Å². The molecule has 7 rings (SSSR count). The first-order valence-corrected chi connectivity index (χ1v) is 15.9. The van der Waals surface area contributed by atoms with Crippen LogP contribution in [0.1, 0.15) is 50.8 Å². The second-order valence-corrected chi connectivity index (χ2v) is 12.5. The van der Waals surface area contributed by atoms with Gasteiger partial charge in [-0.25, -0.2) is 9.78 Å². The van der Waals surface area contributed by atoms with Crippen LogP contribution < -0.4 is 11.0 Å². The van der Waals surface area contributed by atoms with Gasteiger partial charge in [-0.3, -0.25) is 18.7 Å². The number of hydrogen-bond acceptors (Lipinski definition) is 8. The van der Waals surface area contributed by atoms with Gasteiger partial charge in [0.25, 0.3) is 11.8 Å². The van der Waals surface area contributed by atoms with Crippen LogP contribution in [0.3, 0.4) is 0 Å². The molecule has 1 N–H and O–H groups in total. The summed E-state index contributed by atoms with van der Waals surface area (Å²) in [7, 11) is 0. The monoisotopic (exact) mass is 715 g/mol. The molecule has 0 spiro atoms. The van der Waals surface area contributed by atoms with Gasteiger partial charge in [0.2, 0.25) is 11.8 Å². The number of nitrogens with one attached hydrogen (secondary N) is 1. The Morgan fingerprint density at radius 3 is 2.62 bits per heavy atom. The van der Waals surface area contributed by atoms with E-state index < -0.39 is 11.6 Å². The number of benzene rings is 3. The summed E-state index contributed by atoms with van der Waals surface area (Å²) < 4.78 is 14.9. The third-order valence-electron chi connectivity index (χ3n) is 8.14. The van der Waals surface area contributed by atoms with Gasteiger partial charge in [-0.15, -0.1) is 10.2 Å². The number of imidazole rings is 1. The van der Waals surface area contributed by atoms with Crippen molar-refractivity contribution in [2.45, 2.75) is 46.4 Å². The van der Waals surface area contributed by atoms with Crippen LogP contribution in [-0.2, 0) is 19.6 Å². The molecule has 238 valence electrons. The summed E-state index contributed by atoms with van der Waals surface area (Å²) in [5.41, 5.74) is 3.46. The molecule has 47 heavy (non-hydrogen) atoms. The van der Waals surface area contributed by atoms with Gasteiger partial charge in [-0.1, -0.05) is 29.8 Å². The third kappa shape index (κ3) is 5.55. The highest BCUT2D eigenvalue weighted by Gasteiger charge is 2.35. The van der Waals surface area contributed by atoms with Gasteiger partial charge in [0.05, 0.1) is 22.9 Å². The largest absolute Gasteiger partial charge is 0.441 e. The molecule has 6 aromatic rings. The average Bonchev–Trinajstić information content (AvgIpc) is 3.74. The lowest BCUT2D eigenvalue weighted by Crippen LogP contribution is -2.47. The molecule has 0 aliphatic carbocycles. The van der Waals surface area contributed by atoms with E-state index in [-0.39, 0.29) is 37.3 Å². The van der Waals surface area contributed by atoms with Crippen molar-refractivity contribution in [2.75, 3.05) is 0 Å². The van der Waals surface area contributed by atoms with Crippen molar-refractivity contribution >= 4 is 50.4 Å². The van der Waals surface area contributed by atoms with Crippen molar-refractivity contribution in [3.63, 3.8) is 0 Å². The number of carbonyl (C=O) groups is 2. The highest BCUT2D eigenvalue weighted by Crippen LogP contribution is 2.29. The van der Waals surface area contributed by atoms with E-state index >= 15 is 0 Å². The third-order valence-corrected chi connectivity index (χ3v) is 9.37. The lowest BCUT2D eigenvalue weighted by atomic mass is 10.1. The average molecular weight is 717 g/mol. The lowest BCUT2D eigenvalue weighted by molar-refractivity contribution is 0.0610. The molecule has 0 unspecified atom stereocenters. The number of aryl methyl sites for hydroxylation is 2. The van der Waals surface area contributed by atoms with Crippen LogP contribution in [0.2, 0.25) is 5.02 Å². The maximum absolute atomic E-state index is 14.2. The highest BCUT2D eigenvalue weighted by atomic mass is 79.9. The number of rotatable bonds is 6. The van der Waals surface area contributed by atoms with Crippen LogP contribution in [0.15, 0.2) is 78.8 Å². The number of nitrogens with zero attached hydrogens (tertiary/aromatic N) is 6. The molecule has 0 saturated carbocycles. The van der Waals surface area contributed by atoms with Gasteiger partial charge in [-0.2, -0.15) is 0 Å². The molecule has 12 nitrogen and oxygen atoms in total. The van der Waals surface area contributed by atoms with Gasteiger partial charge >= 0.3 is 5.69 Å². The molecule has 1 atom stereocenters. The van der Waals surface area contributed by atoms with E-state index in [1.54, 1.807) is 59.7 Å². The normalized spacial score (nSPS) is 14.4. The summed E-state index contributed by atoms with van der Waals surface area (Å²) in [6.07, 6.45) is 0. The van der Waals surface area contributed by atoms with E-state index in [1.807, 2.05) is 31.2 Å². The number of halogens is 2. The van der Waals surface area contributed by atoms with Gasteiger partial charge in [-0.05, 0) is 70.9 Å². The van der Waals surface area contributed by atoms with Crippen LogP contribution >= 0.6 is 27.5 Å². The Kier molecular flexibility index (Phi) is 7.80. The minimum Gasteiger partial charge on any atom is -0.441 e. The first-order valence-electron chi connectivity index (χ1n) is 14.7. The molecule has 14 heteroatoms. The summed E-state index contributed by atoms with van der Waals surface area (Å²) >= 11 is 9.68. The molecule has 3 aromatic carbocycles. The Labute approximate surface area is 281 Å². The number of carbonyl (C=O) groups excluding carboxylic acids is 2. The summed E-state index contributed by atoms with van der Waals surface area (Å²) in [5.74, 6) is 0.453. The fourth-order valence-electron chi connectivity index (χ4n) is 5.87. The van der Waals surface area contributed by atoms with Crippen LogP contribution in [0, 0.1) is 13.8 Å². The van der Waals surface area contributed by atoms with Crippen molar-refractivity contribution in [3.8, 4) is 17.1 Å². The van der Waals surface area contributed by atoms with Crippen molar-refractivity contribution in [1.82, 2.24) is 34.5 Å². The summed E-state index contributed by atoms with van der Waals surface area (Å²) in [6, 6.07) is 17.1. The molecule has 1 aliphatic heterocycles. The number of oxazole rings is 1. The number of fused-ring (bicyclic) bond motifs is 2. The molecule has 1 aliphatic rings. The molecule has 4 heterocycles. The first kappa shape index (κ1) is 30.6. The molecular weight excluding hydrogens is 690 g/mol. The van der Waals surface area contributed by atoms with Gasteiger partial charge in [0.15, 0.2) is 11.5 Å². The quantitative estimate of drug-likeness (QED) is 0.227. The van der Waals surface area contributed by atoms with Crippen LogP contribution in [0.5, 0.6) is 0 Å². The fourth-order valence-corrected chi connectivity index (χ4v) is 6.30. The molecule has 3 aromatic heterocycles. The zero-order valence-electron chi connectivity index (χ0n) is 25.5. The van der Waals surface area contributed by atoms with Crippen molar-refractivity contribution in [2.24, 2.45) is 0 Å².